The van der Waals surface area contributed by atoms with Gasteiger partial charge in [-0.2, -0.15) is 0 Å². The molecule has 2 aliphatic rings. The molecule has 0 amide bonds. The molecule has 1 aliphatic carbocycles. The van der Waals surface area contributed by atoms with Crippen LogP contribution in [0.4, 0.5) is 0 Å². The second kappa shape index (κ2) is 6.04. The predicted octanol–water partition coefficient (Wildman–Crippen LogP) is 3.47. The van der Waals surface area contributed by atoms with Gasteiger partial charge in [-0.1, -0.05) is 32.0 Å². The second-order valence-electron chi connectivity index (χ2n) is 8.05. The molecule has 1 spiro atoms. The van der Waals surface area contributed by atoms with Crippen molar-refractivity contribution in [2.45, 2.75) is 95.6 Å². The van der Waals surface area contributed by atoms with Crippen LogP contribution in [0.3, 0.4) is 0 Å². The molecule has 0 unspecified atom stereocenters. The summed E-state index contributed by atoms with van der Waals surface area (Å²) in [5, 5.41) is 10.2. The Morgan fingerprint density at radius 3 is 2.38 bits per heavy atom. The van der Waals surface area contributed by atoms with E-state index in [-0.39, 0.29) is 11.7 Å². The zero-order valence-corrected chi connectivity index (χ0v) is 15.2. The monoisotopic (exact) mass is 310 g/mol. The maximum Gasteiger partial charge on any atom is 0.169 e. The molecule has 1 heterocycles. The molecule has 0 aromatic carbocycles. The highest BCUT2D eigenvalue weighted by atomic mass is 28.3. The summed E-state index contributed by atoms with van der Waals surface area (Å²) in [5.74, 6) is 2.61. The molecule has 21 heavy (non-hydrogen) atoms. The molecule has 1 saturated carbocycles. The lowest BCUT2D eigenvalue weighted by Crippen LogP contribution is -2.36. The summed E-state index contributed by atoms with van der Waals surface area (Å²) in [6.45, 7) is 10.7. The van der Waals surface area contributed by atoms with E-state index in [1.807, 2.05) is 0 Å². The summed E-state index contributed by atoms with van der Waals surface area (Å²) in [6, 6.07) is 0. The van der Waals surface area contributed by atoms with E-state index < -0.39 is 20.0 Å². The summed E-state index contributed by atoms with van der Waals surface area (Å²) < 4.78 is 12.5. The first-order chi connectivity index (χ1) is 9.62. The molecule has 3 nitrogen and oxygen atoms in total. The molecule has 1 aliphatic heterocycles. The maximum absolute atomic E-state index is 10.2. The van der Waals surface area contributed by atoms with Crippen LogP contribution in [0.25, 0.3) is 0 Å². The number of aliphatic hydroxyl groups excluding tert-OH is 1. The minimum absolute atomic E-state index is 0.0819. The molecule has 2 atom stereocenters. The quantitative estimate of drug-likeness (QED) is 0.627. The molecule has 2 rings (SSSR count). The van der Waals surface area contributed by atoms with Crippen LogP contribution in [0.1, 0.15) is 52.4 Å². The normalized spacial score (nSPS) is 29.0. The van der Waals surface area contributed by atoms with Crippen LogP contribution in [0, 0.1) is 11.5 Å². The van der Waals surface area contributed by atoms with Crippen LogP contribution < -0.4 is 0 Å². The zero-order chi connectivity index (χ0) is 15.7. The fourth-order valence-electron chi connectivity index (χ4n) is 3.17. The van der Waals surface area contributed by atoms with E-state index >= 15 is 0 Å². The van der Waals surface area contributed by atoms with Gasteiger partial charge in [0, 0.05) is 19.3 Å². The van der Waals surface area contributed by atoms with Crippen molar-refractivity contribution in [2.75, 3.05) is 0 Å². The largest absolute Gasteiger partial charge is 0.380 e. The highest BCUT2D eigenvalue weighted by Gasteiger charge is 2.52. The molecule has 1 saturated heterocycles. The molecular formula is C17H30O3Si. The van der Waals surface area contributed by atoms with E-state index in [1.54, 1.807) is 0 Å². The third-order valence-corrected chi connectivity index (χ3v) is 5.14. The summed E-state index contributed by atoms with van der Waals surface area (Å²) >= 11 is 0. The average molecular weight is 311 g/mol. The smallest absolute Gasteiger partial charge is 0.169 e. The zero-order valence-electron chi connectivity index (χ0n) is 14.2. The van der Waals surface area contributed by atoms with Crippen LogP contribution in [-0.4, -0.2) is 36.8 Å². The van der Waals surface area contributed by atoms with Crippen molar-refractivity contribution in [3.63, 3.8) is 0 Å². The van der Waals surface area contributed by atoms with Crippen molar-refractivity contribution in [1.29, 1.82) is 0 Å². The van der Waals surface area contributed by atoms with E-state index in [9.17, 15) is 5.11 Å². The Labute approximate surface area is 130 Å². The van der Waals surface area contributed by atoms with E-state index in [2.05, 4.69) is 45.0 Å². The Morgan fingerprint density at radius 2 is 1.81 bits per heavy atom. The van der Waals surface area contributed by atoms with E-state index in [1.165, 1.54) is 19.3 Å². The average Bonchev–Trinajstić information content (AvgIpc) is 2.57. The predicted molar refractivity (Wildman–Crippen MR) is 87.6 cm³/mol. The fourth-order valence-corrected chi connectivity index (χ4v) is 3.77. The number of aliphatic hydroxyl groups is 1. The van der Waals surface area contributed by atoms with Crippen molar-refractivity contribution >= 4 is 8.07 Å². The highest BCUT2D eigenvalue weighted by molar-refractivity contribution is 6.83. The van der Waals surface area contributed by atoms with Crippen LogP contribution in [0.5, 0.6) is 0 Å². The van der Waals surface area contributed by atoms with Gasteiger partial charge in [0.2, 0.25) is 0 Å². The number of hydrogen-bond donors (Lipinski definition) is 1. The summed E-state index contributed by atoms with van der Waals surface area (Å²) in [4.78, 5) is 0. The maximum atomic E-state index is 10.2. The lowest BCUT2D eigenvalue weighted by Gasteiger charge is -2.32. The Balaban J connectivity index is 2.00. The Kier molecular flexibility index (Phi) is 4.89. The van der Waals surface area contributed by atoms with Crippen molar-refractivity contribution in [3.8, 4) is 11.5 Å². The van der Waals surface area contributed by atoms with E-state index in [4.69, 9.17) is 9.47 Å². The first kappa shape index (κ1) is 17.0. The van der Waals surface area contributed by atoms with Crippen molar-refractivity contribution in [1.82, 2.24) is 0 Å². The Bertz CT molecular complexity index is 422. The van der Waals surface area contributed by atoms with Gasteiger partial charge in [0.05, 0.1) is 11.7 Å². The van der Waals surface area contributed by atoms with Gasteiger partial charge in [0.1, 0.15) is 14.2 Å². The highest BCUT2D eigenvalue weighted by Crippen LogP contribution is 2.45. The molecule has 0 aromatic rings. The summed E-state index contributed by atoms with van der Waals surface area (Å²) in [7, 11) is -1.44. The second-order valence-corrected chi connectivity index (χ2v) is 12.8. The minimum atomic E-state index is -1.44. The molecule has 0 aromatic heterocycles. The van der Waals surface area contributed by atoms with E-state index in [0.717, 1.165) is 12.8 Å². The summed E-state index contributed by atoms with van der Waals surface area (Å²) in [6.07, 6.45) is 5.38. The summed E-state index contributed by atoms with van der Waals surface area (Å²) in [5.41, 5.74) is 2.89. The topological polar surface area (TPSA) is 38.7 Å². The molecular weight excluding hydrogens is 280 g/mol. The van der Waals surface area contributed by atoms with E-state index in [0.29, 0.717) is 6.42 Å². The van der Waals surface area contributed by atoms with Gasteiger partial charge in [0.15, 0.2) is 5.79 Å². The fraction of sp³-hybridized carbons (Fsp3) is 0.882. The lowest BCUT2D eigenvalue weighted by atomic mass is 9.94. The van der Waals surface area contributed by atoms with Gasteiger partial charge in [-0.15, -0.1) is 5.54 Å². The molecule has 0 bridgehead atoms. The number of hydrogen-bond acceptors (Lipinski definition) is 3. The van der Waals surface area contributed by atoms with Crippen molar-refractivity contribution in [2.24, 2.45) is 0 Å². The lowest BCUT2D eigenvalue weighted by molar-refractivity contribution is -0.203. The third kappa shape index (κ3) is 4.56. The van der Waals surface area contributed by atoms with Crippen molar-refractivity contribution in [3.05, 3.63) is 0 Å². The molecule has 120 valence electrons. The van der Waals surface area contributed by atoms with Crippen LogP contribution in [0.15, 0.2) is 0 Å². The van der Waals surface area contributed by atoms with Gasteiger partial charge in [-0.25, -0.2) is 0 Å². The van der Waals surface area contributed by atoms with Crippen molar-refractivity contribution < 1.29 is 14.6 Å². The van der Waals surface area contributed by atoms with Gasteiger partial charge >= 0.3 is 0 Å². The van der Waals surface area contributed by atoms with Gasteiger partial charge in [-0.05, 0) is 26.7 Å². The minimum Gasteiger partial charge on any atom is -0.380 e. The molecule has 0 radical (unpaired) electrons. The number of ether oxygens (including phenoxy) is 2. The molecule has 4 heteroatoms. The molecule has 2 fully saturated rings. The SMILES string of the molecule is CC1(C)OC2(CCCCC2)O[C@@H]1C[C@@H](O)C#C[Si](C)(C)C. The van der Waals surface area contributed by atoms with Gasteiger partial charge < -0.3 is 14.6 Å². The van der Waals surface area contributed by atoms with Crippen LogP contribution in [0.2, 0.25) is 19.6 Å². The van der Waals surface area contributed by atoms with Crippen LogP contribution >= 0.6 is 0 Å². The van der Waals surface area contributed by atoms with Crippen LogP contribution in [-0.2, 0) is 9.47 Å². The first-order valence-corrected chi connectivity index (χ1v) is 11.7. The third-order valence-electron chi connectivity index (χ3n) is 4.25. The molecule has 1 N–H and O–H groups in total. The Hall–Kier alpha value is -0.343. The van der Waals surface area contributed by atoms with Gasteiger partial charge in [0.25, 0.3) is 0 Å². The Morgan fingerprint density at radius 1 is 1.19 bits per heavy atom. The number of rotatable bonds is 2. The van der Waals surface area contributed by atoms with Gasteiger partial charge in [-0.3, -0.25) is 0 Å². The standard InChI is InChI=1S/C17H30O3Si/c1-16(2)15(13-14(18)9-12-21(3,4)5)19-17(20-16)10-7-6-8-11-17/h14-15,18H,6-8,10-11,13H2,1-5H3/t14-,15+/m0/s1. The first-order valence-electron chi connectivity index (χ1n) is 8.21.